The lowest BCUT2D eigenvalue weighted by molar-refractivity contribution is 0.0950. The van der Waals surface area contributed by atoms with Crippen molar-refractivity contribution in [2.45, 2.75) is 39.0 Å². The minimum Gasteiger partial charge on any atom is -0.357 e. The zero-order valence-corrected chi connectivity index (χ0v) is 18.0. The van der Waals surface area contributed by atoms with Crippen LogP contribution in [0.5, 0.6) is 0 Å². The molecule has 0 aliphatic carbocycles. The number of aromatic nitrogens is 2. The quantitative estimate of drug-likeness (QED) is 0.711. The Morgan fingerprint density at radius 2 is 1.80 bits per heavy atom. The summed E-state index contributed by atoms with van der Waals surface area (Å²) < 4.78 is 0. The summed E-state index contributed by atoms with van der Waals surface area (Å²) in [7, 11) is 0. The van der Waals surface area contributed by atoms with Crippen molar-refractivity contribution in [1.29, 1.82) is 0 Å². The molecule has 4 rings (SSSR count). The zero-order valence-electron chi connectivity index (χ0n) is 18.0. The van der Waals surface area contributed by atoms with Gasteiger partial charge >= 0.3 is 0 Å². The third-order valence-electron chi connectivity index (χ3n) is 6.34. The molecule has 2 fully saturated rings. The number of nitrogens with zero attached hydrogens (tertiary/aromatic N) is 4. The van der Waals surface area contributed by atoms with Gasteiger partial charge in [-0.3, -0.25) is 4.79 Å². The normalized spacial score (nSPS) is 18.0. The van der Waals surface area contributed by atoms with Crippen LogP contribution in [0.1, 0.15) is 49.4 Å². The molecule has 0 spiro atoms. The van der Waals surface area contributed by atoms with Crippen LogP contribution in [0, 0.1) is 5.92 Å². The van der Waals surface area contributed by atoms with Gasteiger partial charge in [0.05, 0.1) is 5.69 Å². The van der Waals surface area contributed by atoms with Gasteiger partial charge in [-0.2, -0.15) is 0 Å². The maximum absolute atomic E-state index is 12.5. The minimum atomic E-state index is -0.00532. The summed E-state index contributed by atoms with van der Waals surface area (Å²) in [5.41, 5.74) is 2.60. The van der Waals surface area contributed by atoms with Gasteiger partial charge in [-0.15, -0.1) is 0 Å². The van der Waals surface area contributed by atoms with Crippen molar-refractivity contribution in [1.82, 2.24) is 20.2 Å². The summed E-state index contributed by atoms with van der Waals surface area (Å²) in [4.78, 5) is 26.1. The topological polar surface area (TPSA) is 61.4 Å². The number of benzene rings is 1. The molecule has 1 aromatic carbocycles. The summed E-state index contributed by atoms with van der Waals surface area (Å²) >= 11 is 0. The molecule has 1 aromatic heterocycles. The molecule has 2 aromatic rings. The number of carbonyl (C=O) groups excluding carboxylic acids is 1. The summed E-state index contributed by atoms with van der Waals surface area (Å²) in [6.07, 6.45) is 7.67. The second kappa shape index (κ2) is 10.0. The Balaban J connectivity index is 1.27. The average molecular weight is 408 g/mol. The van der Waals surface area contributed by atoms with Gasteiger partial charge in [-0.05, 0) is 69.8 Å². The van der Waals surface area contributed by atoms with Crippen molar-refractivity contribution in [2.24, 2.45) is 5.92 Å². The molecule has 0 radical (unpaired) electrons. The number of piperidine rings is 1. The number of hydrogen-bond donors (Lipinski definition) is 1. The molecule has 6 nitrogen and oxygen atoms in total. The van der Waals surface area contributed by atoms with Crippen molar-refractivity contribution in [2.75, 3.05) is 44.2 Å². The smallest absolute Gasteiger partial charge is 0.251 e. The fourth-order valence-electron chi connectivity index (χ4n) is 4.31. The highest BCUT2D eigenvalue weighted by atomic mass is 16.1. The van der Waals surface area contributed by atoms with Gasteiger partial charge < -0.3 is 15.1 Å². The Labute approximate surface area is 179 Å². The van der Waals surface area contributed by atoms with E-state index in [0.717, 1.165) is 55.6 Å². The van der Waals surface area contributed by atoms with Crippen LogP contribution in [0.3, 0.4) is 0 Å². The third-order valence-corrected chi connectivity index (χ3v) is 6.34. The first-order valence-corrected chi connectivity index (χ1v) is 11.4. The molecule has 160 valence electrons. The first kappa shape index (κ1) is 20.8. The summed E-state index contributed by atoms with van der Waals surface area (Å²) in [5.74, 6) is 1.84. The van der Waals surface area contributed by atoms with Crippen molar-refractivity contribution < 1.29 is 4.79 Å². The Kier molecular flexibility index (Phi) is 6.95. The van der Waals surface area contributed by atoms with E-state index in [1.54, 1.807) is 6.33 Å². The van der Waals surface area contributed by atoms with E-state index in [1.807, 2.05) is 30.3 Å². The maximum atomic E-state index is 12.5. The Hall–Kier alpha value is -2.47. The first-order valence-electron chi connectivity index (χ1n) is 11.4. The first-order chi connectivity index (χ1) is 14.7. The molecule has 1 amide bonds. The molecule has 0 bridgehead atoms. The molecule has 2 aliphatic heterocycles. The standard InChI is InChI=1S/C24H33N5O/c1-19-9-15-28(16-10-19)12-4-11-25-24(30)21-7-5-20(6-8-21)22-17-23(27-18-26-22)29-13-2-3-14-29/h5-8,17-19H,2-4,9-16H2,1H3,(H,25,30). The van der Waals surface area contributed by atoms with Crippen LogP contribution in [0.2, 0.25) is 0 Å². The fraction of sp³-hybridized carbons (Fsp3) is 0.542. The maximum Gasteiger partial charge on any atom is 0.251 e. The van der Waals surface area contributed by atoms with Gasteiger partial charge in [0.25, 0.3) is 5.91 Å². The van der Waals surface area contributed by atoms with Crippen LogP contribution in [0.15, 0.2) is 36.7 Å². The highest BCUT2D eigenvalue weighted by Crippen LogP contribution is 2.23. The van der Waals surface area contributed by atoms with Gasteiger partial charge in [0.1, 0.15) is 12.1 Å². The van der Waals surface area contributed by atoms with E-state index in [1.165, 1.54) is 38.8 Å². The summed E-state index contributed by atoms with van der Waals surface area (Å²) in [5, 5.41) is 3.05. The fourth-order valence-corrected chi connectivity index (χ4v) is 4.31. The molecule has 2 aliphatic rings. The predicted octanol–water partition coefficient (Wildman–Crippen LogP) is 3.60. The number of likely N-dealkylation sites (tertiary alicyclic amines) is 1. The number of carbonyl (C=O) groups is 1. The van der Waals surface area contributed by atoms with E-state index in [-0.39, 0.29) is 5.91 Å². The molecule has 6 heteroatoms. The van der Waals surface area contributed by atoms with Crippen LogP contribution in [0.4, 0.5) is 5.82 Å². The van der Waals surface area contributed by atoms with Crippen molar-refractivity contribution >= 4 is 11.7 Å². The number of rotatable bonds is 7. The second-order valence-electron chi connectivity index (χ2n) is 8.67. The zero-order chi connectivity index (χ0) is 20.8. The molecule has 30 heavy (non-hydrogen) atoms. The van der Waals surface area contributed by atoms with Crippen LogP contribution < -0.4 is 10.2 Å². The molecule has 0 atom stereocenters. The Morgan fingerprint density at radius 1 is 1.07 bits per heavy atom. The van der Waals surface area contributed by atoms with Crippen LogP contribution in [0.25, 0.3) is 11.3 Å². The number of nitrogens with one attached hydrogen (secondary N) is 1. The molecular formula is C24H33N5O. The Morgan fingerprint density at radius 3 is 2.53 bits per heavy atom. The van der Waals surface area contributed by atoms with Crippen LogP contribution in [-0.4, -0.2) is 60.0 Å². The highest BCUT2D eigenvalue weighted by Gasteiger charge is 2.16. The largest absolute Gasteiger partial charge is 0.357 e. The van der Waals surface area contributed by atoms with Gasteiger partial charge in [0, 0.05) is 36.8 Å². The van der Waals surface area contributed by atoms with E-state index < -0.39 is 0 Å². The third kappa shape index (κ3) is 5.36. The number of amides is 1. The van der Waals surface area contributed by atoms with Gasteiger partial charge in [0.15, 0.2) is 0 Å². The summed E-state index contributed by atoms with van der Waals surface area (Å²) in [6, 6.07) is 9.75. The van der Waals surface area contributed by atoms with Crippen molar-refractivity contribution in [3.63, 3.8) is 0 Å². The number of anilines is 1. The lowest BCUT2D eigenvalue weighted by atomic mass is 9.99. The van der Waals surface area contributed by atoms with Crippen molar-refractivity contribution in [3.8, 4) is 11.3 Å². The van der Waals surface area contributed by atoms with Crippen molar-refractivity contribution in [3.05, 3.63) is 42.2 Å². The molecule has 0 saturated carbocycles. The molecule has 3 heterocycles. The minimum absolute atomic E-state index is 0.00532. The summed E-state index contributed by atoms with van der Waals surface area (Å²) in [6.45, 7) is 8.63. The van der Waals surface area contributed by atoms with Crippen LogP contribution in [-0.2, 0) is 0 Å². The molecule has 0 unspecified atom stereocenters. The second-order valence-corrected chi connectivity index (χ2v) is 8.67. The molecule has 2 saturated heterocycles. The van der Waals surface area contributed by atoms with E-state index in [0.29, 0.717) is 5.56 Å². The van der Waals surface area contributed by atoms with E-state index >= 15 is 0 Å². The average Bonchev–Trinajstić information content (AvgIpc) is 3.33. The lowest BCUT2D eigenvalue weighted by Gasteiger charge is -2.30. The van der Waals surface area contributed by atoms with Gasteiger partial charge in [-0.1, -0.05) is 19.1 Å². The lowest BCUT2D eigenvalue weighted by Crippen LogP contribution is -2.35. The van der Waals surface area contributed by atoms with E-state index in [9.17, 15) is 4.79 Å². The Bertz CT molecular complexity index is 824. The SMILES string of the molecule is CC1CCN(CCCNC(=O)c2ccc(-c3cc(N4CCCC4)ncn3)cc2)CC1. The molecule has 1 N–H and O–H groups in total. The van der Waals surface area contributed by atoms with E-state index in [2.05, 4.69) is 32.0 Å². The van der Waals surface area contributed by atoms with Crippen LogP contribution >= 0.6 is 0 Å². The number of hydrogen-bond acceptors (Lipinski definition) is 5. The molecular weight excluding hydrogens is 374 g/mol. The predicted molar refractivity (Wildman–Crippen MR) is 121 cm³/mol. The van der Waals surface area contributed by atoms with Gasteiger partial charge in [0.2, 0.25) is 0 Å². The monoisotopic (exact) mass is 407 g/mol. The van der Waals surface area contributed by atoms with E-state index in [4.69, 9.17) is 0 Å². The van der Waals surface area contributed by atoms with Gasteiger partial charge in [-0.25, -0.2) is 9.97 Å². The highest BCUT2D eigenvalue weighted by molar-refractivity contribution is 5.94.